The summed E-state index contributed by atoms with van der Waals surface area (Å²) in [5.41, 5.74) is 6.80. The van der Waals surface area contributed by atoms with E-state index in [1.165, 1.54) is 33.0 Å². The second-order valence-electron chi connectivity index (χ2n) is 5.89. The minimum atomic E-state index is -0.314. The van der Waals surface area contributed by atoms with Crippen LogP contribution in [0.2, 0.25) is 0 Å². The minimum Gasteiger partial charge on any atom is -0.492 e. The Morgan fingerprint density at radius 3 is 2.92 bits per heavy atom. The fourth-order valence-corrected chi connectivity index (χ4v) is 2.86. The van der Waals surface area contributed by atoms with Gasteiger partial charge in [-0.3, -0.25) is 20.0 Å². The molecule has 0 radical (unpaired) electrons. The summed E-state index contributed by atoms with van der Waals surface area (Å²) in [6.07, 6.45) is 2.57. The highest BCUT2D eigenvalue weighted by molar-refractivity contribution is 6.06. The van der Waals surface area contributed by atoms with Gasteiger partial charge in [0.25, 0.3) is 5.91 Å². The van der Waals surface area contributed by atoms with Crippen molar-refractivity contribution in [3.8, 4) is 5.75 Å². The lowest BCUT2D eigenvalue weighted by Crippen LogP contribution is -2.36. The van der Waals surface area contributed by atoms with Crippen LogP contribution in [0.3, 0.4) is 0 Å². The highest BCUT2D eigenvalue weighted by Crippen LogP contribution is 2.21. The Morgan fingerprint density at radius 2 is 2.17 bits per heavy atom. The predicted octanol–water partition coefficient (Wildman–Crippen LogP) is 1.32. The first-order chi connectivity index (χ1) is 11.7. The number of benzene rings is 1. The molecule has 1 fully saturated rings. The highest BCUT2D eigenvalue weighted by atomic mass is 16.5. The second-order valence-corrected chi connectivity index (χ2v) is 5.89. The van der Waals surface area contributed by atoms with Crippen molar-refractivity contribution in [2.45, 2.75) is 12.8 Å². The average Bonchev–Trinajstić information content (AvgIpc) is 3.23. The van der Waals surface area contributed by atoms with Gasteiger partial charge in [-0.2, -0.15) is 0 Å². The monoisotopic (exact) mass is 329 g/mol. The van der Waals surface area contributed by atoms with Gasteiger partial charge < -0.3 is 15.5 Å². The van der Waals surface area contributed by atoms with Gasteiger partial charge in [-0.25, -0.2) is 0 Å². The normalized spacial score (nSPS) is 15.8. The summed E-state index contributed by atoms with van der Waals surface area (Å²) >= 11 is 0. The minimum absolute atomic E-state index is 0.0876. The van der Waals surface area contributed by atoms with Crippen LogP contribution in [0.4, 0.5) is 0 Å². The molecule has 7 heteroatoms. The van der Waals surface area contributed by atoms with E-state index in [1.54, 1.807) is 6.07 Å². The smallest absolute Gasteiger partial charge is 0.274 e. The van der Waals surface area contributed by atoms with Crippen LogP contribution in [0.1, 0.15) is 23.3 Å². The van der Waals surface area contributed by atoms with Crippen molar-refractivity contribution in [1.29, 1.82) is 0 Å². The molecule has 4 N–H and O–H groups in total. The lowest BCUT2D eigenvalue weighted by molar-refractivity contribution is 0.0972. The van der Waals surface area contributed by atoms with E-state index in [0.717, 1.165) is 23.2 Å². The van der Waals surface area contributed by atoms with Crippen LogP contribution in [0.25, 0.3) is 10.9 Å². The van der Waals surface area contributed by atoms with Gasteiger partial charge in [-0.15, -0.1) is 0 Å². The summed E-state index contributed by atoms with van der Waals surface area (Å²) in [7, 11) is 1.52. The first-order valence-electron chi connectivity index (χ1n) is 8.17. The molecule has 0 saturated carbocycles. The van der Waals surface area contributed by atoms with Gasteiger partial charge in [0.2, 0.25) is 0 Å². The molecule has 1 amide bonds. The number of hydrogen-bond donors (Lipinski definition) is 3. The molecule has 1 aliphatic rings. The van der Waals surface area contributed by atoms with Gasteiger partial charge >= 0.3 is 0 Å². The summed E-state index contributed by atoms with van der Waals surface area (Å²) in [5.74, 6) is 0.570. The molecule has 24 heavy (non-hydrogen) atoms. The van der Waals surface area contributed by atoms with Crippen molar-refractivity contribution in [3.05, 3.63) is 30.0 Å². The zero-order valence-electron chi connectivity index (χ0n) is 13.8. The molecule has 0 unspecified atom stereocenters. The summed E-state index contributed by atoms with van der Waals surface area (Å²) < 4.78 is 5.83. The summed E-state index contributed by atoms with van der Waals surface area (Å²) in [6, 6.07) is 7.55. The maximum Gasteiger partial charge on any atom is 0.274 e. The van der Waals surface area contributed by atoms with Gasteiger partial charge in [-0.05, 0) is 44.1 Å². The number of carbonyl (C=O) groups is 1. The molecule has 0 aliphatic carbocycles. The van der Waals surface area contributed by atoms with E-state index in [9.17, 15) is 4.79 Å². The first-order valence-corrected chi connectivity index (χ1v) is 8.17. The third kappa shape index (κ3) is 3.86. The Balaban J connectivity index is 1.63. The van der Waals surface area contributed by atoms with Crippen LogP contribution in [-0.2, 0) is 0 Å². The Labute approximate surface area is 140 Å². The van der Waals surface area contributed by atoms with Crippen LogP contribution in [0.15, 0.2) is 29.3 Å². The number of carbonyl (C=O) groups excluding carboxylic acids is 1. The summed E-state index contributed by atoms with van der Waals surface area (Å²) in [6.45, 7) is 3.96. The van der Waals surface area contributed by atoms with Gasteiger partial charge in [0.05, 0.1) is 0 Å². The average molecular weight is 329 g/mol. The Bertz CT molecular complexity index is 747. The molecule has 0 spiro atoms. The van der Waals surface area contributed by atoms with E-state index >= 15 is 0 Å². The lowest BCUT2D eigenvalue weighted by atomic mass is 10.2. The molecule has 1 aromatic heterocycles. The third-order valence-electron chi connectivity index (χ3n) is 4.20. The topological polar surface area (TPSA) is 95.7 Å². The van der Waals surface area contributed by atoms with Crippen LogP contribution in [0.5, 0.6) is 5.75 Å². The van der Waals surface area contributed by atoms with Crippen molar-refractivity contribution in [2.75, 3.05) is 33.3 Å². The number of ether oxygens (including phenoxy) is 1. The molecule has 2 aromatic rings. The molecule has 1 aromatic carbocycles. The highest BCUT2D eigenvalue weighted by Gasteiger charge is 2.12. The van der Waals surface area contributed by atoms with Crippen molar-refractivity contribution >= 4 is 22.8 Å². The van der Waals surface area contributed by atoms with E-state index in [2.05, 4.69) is 20.2 Å². The maximum atomic E-state index is 12.0. The number of likely N-dealkylation sites (tertiary alicyclic amines) is 1. The van der Waals surface area contributed by atoms with E-state index in [1.807, 2.05) is 18.2 Å². The number of aromatic amines is 1. The van der Waals surface area contributed by atoms with Crippen molar-refractivity contribution in [1.82, 2.24) is 15.2 Å². The third-order valence-corrected chi connectivity index (χ3v) is 4.20. The van der Waals surface area contributed by atoms with Crippen molar-refractivity contribution in [2.24, 2.45) is 10.7 Å². The number of aromatic nitrogens is 1. The molecule has 128 valence electrons. The Morgan fingerprint density at radius 1 is 1.38 bits per heavy atom. The molecular formula is C17H23N5O2. The standard InChI is InChI=1S/C17H23N5O2/c1-19-17(18)21-16(23)15-10-12-4-5-13(11-14(12)20-15)24-9-8-22-6-2-3-7-22/h4-5,10-11,20H,2-3,6-9H2,1H3,(H3,18,19,21,23). The molecule has 3 rings (SSSR count). The van der Waals surface area contributed by atoms with Crippen molar-refractivity contribution < 1.29 is 9.53 Å². The lowest BCUT2D eigenvalue weighted by Gasteiger charge is -2.14. The van der Waals surface area contributed by atoms with E-state index < -0.39 is 0 Å². The van der Waals surface area contributed by atoms with Crippen molar-refractivity contribution in [3.63, 3.8) is 0 Å². The molecule has 7 nitrogen and oxygen atoms in total. The zero-order chi connectivity index (χ0) is 16.9. The summed E-state index contributed by atoms with van der Waals surface area (Å²) in [4.78, 5) is 21.3. The zero-order valence-corrected chi connectivity index (χ0v) is 13.8. The molecule has 2 heterocycles. The number of rotatable bonds is 5. The SMILES string of the molecule is CN=C(N)NC(=O)c1cc2ccc(OCCN3CCCC3)cc2[nH]1. The van der Waals surface area contributed by atoms with Gasteiger partial charge in [0.15, 0.2) is 5.96 Å². The van der Waals surface area contributed by atoms with E-state index in [4.69, 9.17) is 10.5 Å². The van der Waals surface area contributed by atoms with Crippen LogP contribution >= 0.6 is 0 Å². The van der Waals surface area contributed by atoms with Crippen LogP contribution < -0.4 is 15.8 Å². The maximum absolute atomic E-state index is 12.0. The number of H-pyrrole nitrogens is 1. The molecule has 0 bridgehead atoms. The van der Waals surface area contributed by atoms with Gasteiger partial charge in [-0.1, -0.05) is 0 Å². The number of aliphatic imine (C=N–C) groups is 1. The van der Waals surface area contributed by atoms with Gasteiger partial charge in [0.1, 0.15) is 18.1 Å². The number of guanidine groups is 1. The quantitative estimate of drug-likeness (QED) is 0.569. The molecule has 0 atom stereocenters. The van der Waals surface area contributed by atoms with E-state index in [-0.39, 0.29) is 11.9 Å². The first kappa shape index (κ1) is 16.3. The van der Waals surface area contributed by atoms with Crippen LogP contribution in [0, 0.1) is 0 Å². The second kappa shape index (κ2) is 7.35. The number of nitrogens with two attached hydrogens (primary N) is 1. The number of nitrogens with one attached hydrogen (secondary N) is 2. The fraction of sp³-hybridized carbons (Fsp3) is 0.412. The molecule has 1 aliphatic heterocycles. The Kier molecular flexibility index (Phi) is 5.00. The van der Waals surface area contributed by atoms with Gasteiger partial charge in [0, 0.05) is 30.6 Å². The molecule has 1 saturated heterocycles. The van der Waals surface area contributed by atoms with Crippen LogP contribution in [-0.4, -0.2) is 55.0 Å². The largest absolute Gasteiger partial charge is 0.492 e. The predicted molar refractivity (Wildman–Crippen MR) is 94.5 cm³/mol. The number of nitrogens with zero attached hydrogens (tertiary/aromatic N) is 2. The Hall–Kier alpha value is -2.54. The number of hydrogen-bond acceptors (Lipinski definition) is 4. The van der Waals surface area contributed by atoms with E-state index in [0.29, 0.717) is 12.3 Å². The number of fused-ring (bicyclic) bond motifs is 1. The summed E-state index contributed by atoms with van der Waals surface area (Å²) in [5, 5.41) is 3.45. The fourth-order valence-electron chi connectivity index (χ4n) is 2.86. The molecular weight excluding hydrogens is 306 g/mol. The number of amides is 1.